The Hall–Kier alpha value is -0.600. The number of methoxy groups -OCH3 is 1. The highest BCUT2D eigenvalue weighted by Gasteiger charge is 2.06. The van der Waals surface area contributed by atoms with Crippen LogP contribution >= 0.6 is 15.9 Å². The molecule has 0 heterocycles. The van der Waals surface area contributed by atoms with Gasteiger partial charge in [-0.3, -0.25) is 4.79 Å². The van der Waals surface area contributed by atoms with Gasteiger partial charge in [-0.2, -0.15) is 0 Å². The number of carbonyl (C=O) groups excluding carboxylic acids is 2. The van der Waals surface area contributed by atoms with Crippen molar-refractivity contribution in [2.24, 2.45) is 0 Å². The first-order chi connectivity index (χ1) is 4.70. The maximum absolute atomic E-state index is 10.5. The Balaban J connectivity index is 3.67. The average molecular weight is 207 g/mol. The van der Waals surface area contributed by atoms with Gasteiger partial charge in [0.2, 0.25) is 0 Å². The van der Waals surface area contributed by atoms with Crippen molar-refractivity contribution in [3.8, 4) is 0 Å². The van der Waals surface area contributed by atoms with Crippen molar-refractivity contribution in [3.63, 3.8) is 0 Å². The van der Waals surface area contributed by atoms with E-state index in [-0.39, 0.29) is 17.2 Å². The Morgan fingerprint density at radius 2 is 2.50 bits per heavy atom. The molecule has 1 unspecified atom stereocenters. The molecule has 0 N–H and O–H groups in total. The summed E-state index contributed by atoms with van der Waals surface area (Å²) in [7, 11) is 1.30. The number of alkyl halides is 1. The van der Waals surface area contributed by atoms with E-state index >= 15 is 0 Å². The minimum atomic E-state index is -0.353. The van der Waals surface area contributed by atoms with E-state index in [0.717, 1.165) is 0 Å². The van der Waals surface area contributed by atoms with Crippen molar-refractivity contribution in [2.75, 3.05) is 7.11 Å². The lowest BCUT2D eigenvalue weighted by Gasteiger charge is -1.98. The Labute approximate surface area is 67.2 Å². The maximum Gasteiger partial charge on any atom is 0.306 e. The molecule has 3 nitrogen and oxygen atoms in total. The van der Waals surface area contributed by atoms with E-state index in [4.69, 9.17) is 0 Å². The molecule has 0 aromatic carbocycles. The predicted octanol–water partition coefficient (Wildman–Crippen LogP) is 0.701. The van der Waals surface area contributed by atoms with Crippen LogP contribution in [0.4, 0.5) is 0 Å². The number of halogens is 1. The molecule has 0 saturated heterocycles. The molecule has 0 radical (unpaired) electrons. The Morgan fingerprint density at radius 1 is 1.90 bits per heavy atom. The summed E-state index contributed by atoms with van der Waals surface area (Å²) < 4.78 is 4.35. The predicted molar refractivity (Wildman–Crippen MR) is 39.6 cm³/mol. The summed E-state index contributed by atoms with van der Waals surface area (Å²) in [5.74, 6) is 1.21. The van der Waals surface area contributed by atoms with E-state index in [1.54, 1.807) is 5.94 Å². The van der Waals surface area contributed by atoms with Crippen molar-refractivity contribution < 1.29 is 14.3 Å². The molecule has 0 bridgehead atoms. The second kappa shape index (κ2) is 5.21. The van der Waals surface area contributed by atoms with Crippen molar-refractivity contribution >= 4 is 27.8 Å². The third-order valence-corrected chi connectivity index (χ3v) is 1.43. The second-order valence-corrected chi connectivity index (χ2v) is 2.76. The van der Waals surface area contributed by atoms with Crippen LogP contribution in [0.1, 0.15) is 6.42 Å². The zero-order valence-electron chi connectivity index (χ0n) is 5.46. The van der Waals surface area contributed by atoms with Gasteiger partial charge in [0.15, 0.2) is 0 Å². The molecule has 0 aliphatic carbocycles. The van der Waals surface area contributed by atoms with Gasteiger partial charge in [0.05, 0.1) is 18.4 Å². The van der Waals surface area contributed by atoms with Crippen molar-refractivity contribution in [1.82, 2.24) is 0 Å². The van der Waals surface area contributed by atoms with E-state index in [1.165, 1.54) is 13.2 Å². The lowest BCUT2D eigenvalue weighted by Crippen LogP contribution is -2.06. The van der Waals surface area contributed by atoms with Crippen LogP contribution in [0.15, 0.2) is 6.08 Å². The molecule has 0 aromatic heterocycles. The van der Waals surface area contributed by atoms with Crippen LogP contribution in [0.5, 0.6) is 0 Å². The van der Waals surface area contributed by atoms with Gasteiger partial charge in [-0.1, -0.05) is 15.9 Å². The van der Waals surface area contributed by atoms with E-state index in [9.17, 15) is 9.59 Å². The third kappa shape index (κ3) is 4.30. The Morgan fingerprint density at radius 3 is 2.90 bits per heavy atom. The molecule has 0 spiro atoms. The number of hydrogen-bond donors (Lipinski definition) is 0. The molecule has 1 atom stereocenters. The van der Waals surface area contributed by atoms with E-state index in [0.29, 0.717) is 0 Å². The average Bonchev–Trinajstić information content (AvgIpc) is 1.88. The quantitative estimate of drug-likeness (QED) is 0.388. The molecule has 0 aromatic rings. The molecule has 0 rings (SSSR count). The third-order valence-electron chi connectivity index (χ3n) is 0.838. The fraction of sp³-hybridized carbons (Fsp3) is 0.500. The smallest absolute Gasteiger partial charge is 0.306 e. The SMILES string of the molecule is COC(=O)CC(Br)C=C=O. The first-order valence-electron chi connectivity index (χ1n) is 2.62. The summed E-state index contributed by atoms with van der Waals surface area (Å²) in [5.41, 5.74) is 0. The van der Waals surface area contributed by atoms with Gasteiger partial charge in [0, 0.05) is 6.08 Å². The van der Waals surface area contributed by atoms with Crippen LogP contribution in [0.2, 0.25) is 0 Å². The number of carbonyl (C=O) groups is 1. The molecular weight excluding hydrogens is 200 g/mol. The molecule has 0 fully saturated rings. The number of ether oxygens (including phenoxy) is 1. The summed E-state index contributed by atoms with van der Waals surface area (Å²) in [5, 5.41) is 0. The van der Waals surface area contributed by atoms with Gasteiger partial charge < -0.3 is 4.74 Å². The van der Waals surface area contributed by atoms with Gasteiger partial charge in [-0.05, 0) is 0 Å². The van der Waals surface area contributed by atoms with Crippen molar-refractivity contribution in [1.29, 1.82) is 0 Å². The van der Waals surface area contributed by atoms with Gasteiger partial charge in [-0.15, -0.1) is 0 Å². The highest BCUT2D eigenvalue weighted by atomic mass is 79.9. The Kier molecular flexibility index (Phi) is 4.89. The van der Waals surface area contributed by atoms with Gasteiger partial charge in [-0.25, -0.2) is 4.79 Å². The van der Waals surface area contributed by atoms with Crippen molar-refractivity contribution in [3.05, 3.63) is 6.08 Å². The first-order valence-corrected chi connectivity index (χ1v) is 3.54. The molecule has 56 valence electrons. The highest BCUT2D eigenvalue weighted by Crippen LogP contribution is 2.05. The van der Waals surface area contributed by atoms with Crippen LogP contribution in [0.25, 0.3) is 0 Å². The number of rotatable bonds is 3. The van der Waals surface area contributed by atoms with Gasteiger partial charge >= 0.3 is 5.97 Å². The molecule has 0 saturated carbocycles. The monoisotopic (exact) mass is 206 g/mol. The molecule has 10 heavy (non-hydrogen) atoms. The fourth-order valence-corrected chi connectivity index (χ4v) is 0.748. The molecule has 0 aliphatic heterocycles. The number of esters is 1. The zero-order valence-corrected chi connectivity index (χ0v) is 7.05. The van der Waals surface area contributed by atoms with Crippen LogP contribution in [-0.2, 0) is 14.3 Å². The minimum absolute atomic E-state index is 0.158. The second-order valence-electron chi connectivity index (χ2n) is 1.58. The topological polar surface area (TPSA) is 43.4 Å². The van der Waals surface area contributed by atoms with E-state index in [1.807, 2.05) is 0 Å². The van der Waals surface area contributed by atoms with Gasteiger partial charge in [0.25, 0.3) is 0 Å². The minimum Gasteiger partial charge on any atom is -0.469 e. The van der Waals surface area contributed by atoms with Crippen LogP contribution in [0.3, 0.4) is 0 Å². The zero-order chi connectivity index (χ0) is 7.98. The fourth-order valence-electron chi connectivity index (χ4n) is 0.375. The van der Waals surface area contributed by atoms with E-state index in [2.05, 4.69) is 20.7 Å². The highest BCUT2D eigenvalue weighted by molar-refractivity contribution is 9.09. The summed E-state index contributed by atoms with van der Waals surface area (Å²) in [6.45, 7) is 0. The lowest BCUT2D eigenvalue weighted by atomic mass is 10.3. The van der Waals surface area contributed by atoms with Crippen LogP contribution < -0.4 is 0 Å². The number of hydrogen-bond acceptors (Lipinski definition) is 3. The first kappa shape index (κ1) is 9.40. The van der Waals surface area contributed by atoms with Crippen LogP contribution in [-0.4, -0.2) is 23.8 Å². The summed E-state index contributed by atoms with van der Waals surface area (Å²) in [6, 6.07) is 0. The normalized spacial score (nSPS) is 11.4. The van der Waals surface area contributed by atoms with Crippen molar-refractivity contribution in [2.45, 2.75) is 11.2 Å². The maximum atomic E-state index is 10.5. The molecule has 4 heteroatoms. The lowest BCUT2D eigenvalue weighted by molar-refractivity contribution is -0.140. The Bertz CT molecular complexity index is 160. The van der Waals surface area contributed by atoms with Crippen LogP contribution in [0, 0.1) is 0 Å². The largest absolute Gasteiger partial charge is 0.469 e. The summed E-state index contributed by atoms with van der Waals surface area (Å²) in [6.07, 6.45) is 1.38. The van der Waals surface area contributed by atoms with E-state index < -0.39 is 0 Å². The molecule has 0 aliphatic rings. The summed E-state index contributed by atoms with van der Waals surface area (Å²) in [4.78, 5) is 20.0. The molecule has 0 amide bonds. The summed E-state index contributed by atoms with van der Waals surface area (Å²) >= 11 is 3.06. The standard InChI is InChI=1S/C6H7BrO3/c1-10-6(9)4-5(7)2-3-8/h2,5H,4H2,1H3. The van der Waals surface area contributed by atoms with Gasteiger partial charge in [0.1, 0.15) is 5.94 Å². The number of allylic oxidation sites excluding steroid dienone is 1. The molecular formula is C6H7BrO3.